The van der Waals surface area contributed by atoms with Gasteiger partial charge in [-0.1, -0.05) is 6.07 Å². The first kappa shape index (κ1) is 17.4. The highest BCUT2D eigenvalue weighted by atomic mass is 32.2. The number of nitrogens with one attached hydrogen (secondary N) is 1. The SMILES string of the molecule is CN1CCN(C(=O)CNS(=O)(=O)c2cccc(C(=O)O)c2)CC1. The molecule has 1 aromatic carbocycles. The maximum absolute atomic E-state index is 12.2. The molecule has 0 unspecified atom stereocenters. The summed E-state index contributed by atoms with van der Waals surface area (Å²) in [5.74, 6) is -1.51. The fraction of sp³-hybridized carbons (Fsp3) is 0.429. The number of aromatic carboxylic acids is 1. The molecule has 1 aromatic rings. The maximum atomic E-state index is 12.2. The van der Waals surface area contributed by atoms with Gasteiger partial charge in [0.15, 0.2) is 0 Å². The van der Waals surface area contributed by atoms with Gasteiger partial charge in [-0.05, 0) is 25.2 Å². The zero-order valence-corrected chi connectivity index (χ0v) is 13.5. The van der Waals surface area contributed by atoms with E-state index in [0.717, 1.165) is 19.2 Å². The number of carboxylic acid groups (broad SMARTS) is 1. The normalized spacial score (nSPS) is 16.3. The van der Waals surface area contributed by atoms with Gasteiger partial charge in [-0.3, -0.25) is 4.79 Å². The summed E-state index contributed by atoms with van der Waals surface area (Å²) in [4.78, 5) is 26.5. The van der Waals surface area contributed by atoms with Gasteiger partial charge in [-0.2, -0.15) is 0 Å². The Balaban J connectivity index is 2.00. The minimum absolute atomic E-state index is 0.127. The van der Waals surface area contributed by atoms with Gasteiger partial charge in [-0.15, -0.1) is 0 Å². The van der Waals surface area contributed by atoms with E-state index in [-0.39, 0.29) is 22.9 Å². The third kappa shape index (κ3) is 4.50. The topological polar surface area (TPSA) is 107 Å². The Bertz CT molecular complexity index is 696. The molecular weight excluding hydrogens is 322 g/mol. The monoisotopic (exact) mass is 341 g/mol. The Morgan fingerprint density at radius 3 is 2.48 bits per heavy atom. The molecule has 1 aliphatic rings. The summed E-state index contributed by atoms with van der Waals surface area (Å²) >= 11 is 0. The van der Waals surface area contributed by atoms with E-state index < -0.39 is 16.0 Å². The number of carbonyl (C=O) groups is 2. The number of carbonyl (C=O) groups excluding carboxylic acids is 1. The third-order valence-electron chi connectivity index (χ3n) is 3.66. The number of rotatable bonds is 5. The molecule has 1 heterocycles. The molecule has 0 aromatic heterocycles. The van der Waals surface area contributed by atoms with Crippen molar-refractivity contribution in [1.29, 1.82) is 0 Å². The molecule has 126 valence electrons. The van der Waals surface area contributed by atoms with Crippen LogP contribution in [0.3, 0.4) is 0 Å². The van der Waals surface area contributed by atoms with Crippen LogP contribution in [-0.4, -0.2) is 75.0 Å². The summed E-state index contributed by atoms with van der Waals surface area (Å²) in [6.45, 7) is 2.28. The molecule has 2 N–H and O–H groups in total. The second kappa shape index (κ2) is 7.07. The summed E-state index contributed by atoms with van der Waals surface area (Å²) < 4.78 is 26.6. The average Bonchev–Trinajstić information content (AvgIpc) is 2.53. The minimum Gasteiger partial charge on any atom is -0.478 e. The molecule has 1 saturated heterocycles. The molecule has 1 fully saturated rings. The first-order chi connectivity index (χ1) is 10.8. The Hall–Kier alpha value is -1.97. The zero-order chi connectivity index (χ0) is 17.0. The first-order valence-corrected chi connectivity index (χ1v) is 8.57. The number of benzene rings is 1. The van der Waals surface area contributed by atoms with Crippen LogP contribution in [0.4, 0.5) is 0 Å². The van der Waals surface area contributed by atoms with Gasteiger partial charge in [0.05, 0.1) is 17.0 Å². The summed E-state index contributed by atoms with van der Waals surface area (Å²) in [6, 6.07) is 5.00. The Labute approximate surface area is 134 Å². The van der Waals surface area contributed by atoms with E-state index in [1.165, 1.54) is 18.2 Å². The van der Waals surface area contributed by atoms with E-state index in [2.05, 4.69) is 9.62 Å². The van der Waals surface area contributed by atoms with Crippen LogP contribution < -0.4 is 4.72 Å². The third-order valence-corrected chi connectivity index (χ3v) is 5.06. The highest BCUT2D eigenvalue weighted by Gasteiger charge is 2.22. The van der Waals surface area contributed by atoms with Crippen molar-refractivity contribution in [3.63, 3.8) is 0 Å². The van der Waals surface area contributed by atoms with Crippen molar-refractivity contribution >= 4 is 21.9 Å². The van der Waals surface area contributed by atoms with Crippen molar-refractivity contribution < 1.29 is 23.1 Å². The molecule has 0 aliphatic carbocycles. The number of hydrogen-bond donors (Lipinski definition) is 2. The largest absolute Gasteiger partial charge is 0.478 e. The fourth-order valence-electron chi connectivity index (χ4n) is 2.20. The smallest absolute Gasteiger partial charge is 0.335 e. The van der Waals surface area contributed by atoms with Gasteiger partial charge in [0.25, 0.3) is 0 Å². The van der Waals surface area contributed by atoms with Crippen molar-refractivity contribution in [3.05, 3.63) is 29.8 Å². The van der Waals surface area contributed by atoms with Crippen LogP contribution >= 0.6 is 0 Å². The van der Waals surface area contributed by atoms with Crippen molar-refractivity contribution in [3.8, 4) is 0 Å². The summed E-state index contributed by atoms with van der Waals surface area (Å²) in [5, 5.41) is 8.90. The molecule has 1 amide bonds. The molecule has 0 bridgehead atoms. The summed E-state index contributed by atoms with van der Waals surface area (Å²) in [6.07, 6.45) is 0. The lowest BCUT2D eigenvalue weighted by Gasteiger charge is -2.32. The van der Waals surface area contributed by atoms with E-state index in [9.17, 15) is 18.0 Å². The highest BCUT2D eigenvalue weighted by Crippen LogP contribution is 2.11. The van der Waals surface area contributed by atoms with Crippen LogP contribution in [0.5, 0.6) is 0 Å². The first-order valence-electron chi connectivity index (χ1n) is 7.09. The minimum atomic E-state index is -3.93. The van der Waals surface area contributed by atoms with Crippen molar-refractivity contribution in [1.82, 2.24) is 14.5 Å². The number of likely N-dealkylation sites (N-methyl/N-ethyl adjacent to an activating group) is 1. The highest BCUT2D eigenvalue weighted by molar-refractivity contribution is 7.89. The summed E-state index contributed by atoms with van der Waals surface area (Å²) in [7, 11) is -1.97. The van der Waals surface area contributed by atoms with E-state index >= 15 is 0 Å². The predicted octanol–water partition coefficient (Wildman–Crippen LogP) is -0.563. The standard InChI is InChI=1S/C14H19N3O5S/c1-16-5-7-17(8-6-16)13(18)10-15-23(21,22)12-4-2-3-11(9-12)14(19)20/h2-4,9,15H,5-8,10H2,1H3,(H,19,20). The zero-order valence-electron chi connectivity index (χ0n) is 12.7. The van der Waals surface area contributed by atoms with E-state index in [1.54, 1.807) is 4.90 Å². The fourth-order valence-corrected chi connectivity index (χ4v) is 3.22. The molecule has 8 nitrogen and oxygen atoms in total. The van der Waals surface area contributed by atoms with Gasteiger partial charge in [0, 0.05) is 26.2 Å². The van der Waals surface area contributed by atoms with Crippen LogP contribution in [0.1, 0.15) is 10.4 Å². The van der Waals surface area contributed by atoms with Crippen LogP contribution in [0.15, 0.2) is 29.2 Å². The van der Waals surface area contributed by atoms with Crippen molar-refractivity contribution in [2.75, 3.05) is 39.8 Å². The molecule has 23 heavy (non-hydrogen) atoms. The Morgan fingerprint density at radius 1 is 1.22 bits per heavy atom. The lowest BCUT2D eigenvalue weighted by molar-refractivity contribution is -0.131. The number of sulfonamides is 1. The number of piperazine rings is 1. The quantitative estimate of drug-likeness (QED) is 0.743. The second-order valence-electron chi connectivity index (χ2n) is 5.34. The lowest BCUT2D eigenvalue weighted by Crippen LogP contribution is -2.50. The lowest BCUT2D eigenvalue weighted by atomic mass is 10.2. The number of hydrogen-bond acceptors (Lipinski definition) is 5. The Kier molecular flexibility index (Phi) is 5.34. The number of nitrogens with zero attached hydrogens (tertiary/aromatic N) is 2. The van der Waals surface area contributed by atoms with Gasteiger partial charge >= 0.3 is 5.97 Å². The van der Waals surface area contributed by atoms with Gasteiger partial charge < -0.3 is 14.9 Å². The van der Waals surface area contributed by atoms with Crippen molar-refractivity contribution in [2.24, 2.45) is 0 Å². The molecule has 0 saturated carbocycles. The predicted molar refractivity (Wildman–Crippen MR) is 82.7 cm³/mol. The Morgan fingerprint density at radius 2 is 1.87 bits per heavy atom. The number of amides is 1. The molecule has 9 heteroatoms. The van der Waals surface area contributed by atoms with Crippen LogP contribution in [0, 0.1) is 0 Å². The molecule has 0 atom stereocenters. The van der Waals surface area contributed by atoms with E-state index in [1.807, 2.05) is 7.05 Å². The van der Waals surface area contributed by atoms with E-state index in [0.29, 0.717) is 13.1 Å². The molecular formula is C14H19N3O5S. The molecule has 2 rings (SSSR count). The summed E-state index contributed by atoms with van der Waals surface area (Å²) in [5.41, 5.74) is -0.127. The molecule has 1 aliphatic heterocycles. The van der Waals surface area contributed by atoms with Gasteiger partial charge in [0.1, 0.15) is 0 Å². The number of carboxylic acids is 1. The van der Waals surface area contributed by atoms with Crippen molar-refractivity contribution in [2.45, 2.75) is 4.90 Å². The molecule has 0 radical (unpaired) electrons. The average molecular weight is 341 g/mol. The molecule has 0 spiro atoms. The van der Waals surface area contributed by atoms with Crippen LogP contribution in [0.25, 0.3) is 0 Å². The van der Waals surface area contributed by atoms with E-state index in [4.69, 9.17) is 5.11 Å². The second-order valence-corrected chi connectivity index (χ2v) is 7.11. The van der Waals surface area contributed by atoms with Gasteiger partial charge in [0.2, 0.25) is 15.9 Å². The maximum Gasteiger partial charge on any atom is 0.335 e. The van der Waals surface area contributed by atoms with Gasteiger partial charge in [-0.25, -0.2) is 17.9 Å². The van der Waals surface area contributed by atoms with Crippen LogP contribution in [0.2, 0.25) is 0 Å². The van der Waals surface area contributed by atoms with Crippen LogP contribution in [-0.2, 0) is 14.8 Å².